The first kappa shape index (κ1) is 21.8. The number of nitrogens with zero attached hydrogens (tertiary/aromatic N) is 4. The fourth-order valence-electron chi connectivity index (χ4n) is 4.80. The standard InChI is InChI=1S/C25H26F3N5/c1-17-3-5-21(23-29-9-2-10-30-23)18(11-17)15-33-16-24(7-8-24)12-20(33)14-32-22-6-4-19(13-31-22)25(26,27)28/h2-6,9-11,13,20H,7-8,12,14-16H2,1H3,(H,31,32). The summed E-state index contributed by atoms with van der Waals surface area (Å²) >= 11 is 0. The molecule has 1 aliphatic heterocycles. The van der Waals surface area contributed by atoms with Crippen LogP contribution in [-0.2, 0) is 12.7 Å². The first-order chi connectivity index (χ1) is 15.8. The summed E-state index contributed by atoms with van der Waals surface area (Å²) in [6, 6.07) is 10.9. The lowest BCUT2D eigenvalue weighted by Gasteiger charge is -2.26. The van der Waals surface area contributed by atoms with Crippen LogP contribution in [0.3, 0.4) is 0 Å². The number of anilines is 1. The van der Waals surface area contributed by atoms with Crippen LogP contribution in [0, 0.1) is 12.3 Å². The number of rotatable bonds is 6. The third kappa shape index (κ3) is 4.85. The smallest absolute Gasteiger partial charge is 0.369 e. The quantitative estimate of drug-likeness (QED) is 0.547. The average molecular weight is 454 g/mol. The SMILES string of the molecule is Cc1ccc(-c2ncccn2)c(CN2CC3(CC3)CC2CNc2ccc(C(F)(F)F)cn2)c1. The maximum Gasteiger partial charge on any atom is 0.417 e. The highest BCUT2D eigenvalue weighted by molar-refractivity contribution is 5.60. The van der Waals surface area contributed by atoms with Gasteiger partial charge in [-0.15, -0.1) is 0 Å². The van der Waals surface area contributed by atoms with E-state index in [9.17, 15) is 13.2 Å². The van der Waals surface area contributed by atoms with E-state index in [1.54, 1.807) is 12.4 Å². The van der Waals surface area contributed by atoms with Gasteiger partial charge >= 0.3 is 6.18 Å². The van der Waals surface area contributed by atoms with Crippen molar-refractivity contribution in [3.63, 3.8) is 0 Å². The Labute approximate surface area is 191 Å². The molecule has 8 heteroatoms. The summed E-state index contributed by atoms with van der Waals surface area (Å²) in [7, 11) is 0. The minimum absolute atomic E-state index is 0.279. The molecule has 33 heavy (non-hydrogen) atoms. The van der Waals surface area contributed by atoms with Gasteiger partial charge < -0.3 is 5.32 Å². The third-order valence-corrected chi connectivity index (χ3v) is 6.73. The number of pyridine rings is 1. The molecule has 1 N–H and O–H groups in total. The van der Waals surface area contributed by atoms with E-state index >= 15 is 0 Å². The number of benzene rings is 1. The second kappa shape index (κ2) is 8.41. The van der Waals surface area contributed by atoms with Gasteiger partial charge in [-0.25, -0.2) is 15.0 Å². The van der Waals surface area contributed by atoms with E-state index in [-0.39, 0.29) is 6.04 Å². The molecule has 1 atom stereocenters. The Hall–Kier alpha value is -3.00. The molecule has 1 saturated heterocycles. The lowest BCUT2D eigenvalue weighted by molar-refractivity contribution is -0.137. The molecule has 172 valence electrons. The zero-order chi connectivity index (χ0) is 23.1. The van der Waals surface area contributed by atoms with Crippen LogP contribution in [0.1, 0.15) is 36.0 Å². The molecule has 0 amide bonds. The molecule has 5 rings (SSSR count). The molecule has 1 spiro atoms. The van der Waals surface area contributed by atoms with Crippen molar-refractivity contribution in [2.45, 2.75) is 44.9 Å². The van der Waals surface area contributed by atoms with Gasteiger partial charge in [0.2, 0.25) is 0 Å². The summed E-state index contributed by atoms with van der Waals surface area (Å²) in [5, 5.41) is 3.26. The van der Waals surface area contributed by atoms with Crippen molar-refractivity contribution in [2.75, 3.05) is 18.4 Å². The number of nitrogens with one attached hydrogen (secondary N) is 1. The van der Waals surface area contributed by atoms with E-state index < -0.39 is 11.7 Å². The van der Waals surface area contributed by atoms with Crippen molar-refractivity contribution >= 4 is 5.82 Å². The summed E-state index contributed by atoms with van der Waals surface area (Å²) in [5.41, 5.74) is 3.06. The zero-order valence-electron chi connectivity index (χ0n) is 18.4. The highest BCUT2D eigenvalue weighted by atomic mass is 19.4. The molecular weight excluding hydrogens is 427 g/mol. The Balaban J connectivity index is 1.32. The minimum atomic E-state index is -4.37. The Morgan fingerprint density at radius 3 is 2.55 bits per heavy atom. The fraction of sp³-hybridized carbons (Fsp3) is 0.400. The van der Waals surface area contributed by atoms with Gasteiger partial charge in [0.05, 0.1) is 5.56 Å². The summed E-state index contributed by atoms with van der Waals surface area (Å²) in [4.78, 5) is 15.3. The molecule has 2 fully saturated rings. The molecule has 1 unspecified atom stereocenters. The zero-order valence-corrected chi connectivity index (χ0v) is 18.4. The van der Waals surface area contributed by atoms with Gasteiger partial charge in [0.1, 0.15) is 5.82 Å². The summed E-state index contributed by atoms with van der Waals surface area (Å²) < 4.78 is 38.4. The molecule has 1 aromatic carbocycles. The van der Waals surface area contributed by atoms with Crippen LogP contribution < -0.4 is 5.32 Å². The van der Waals surface area contributed by atoms with E-state index in [1.165, 1.54) is 30.0 Å². The summed E-state index contributed by atoms with van der Waals surface area (Å²) in [6.45, 7) is 4.54. The molecule has 2 aliphatic rings. The van der Waals surface area contributed by atoms with E-state index in [1.807, 2.05) is 6.07 Å². The van der Waals surface area contributed by atoms with E-state index in [2.05, 4.69) is 50.3 Å². The van der Waals surface area contributed by atoms with Crippen LogP contribution in [0.2, 0.25) is 0 Å². The topological polar surface area (TPSA) is 53.9 Å². The molecule has 2 aromatic heterocycles. The number of hydrogen-bond acceptors (Lipinski definition) is 5. The average Bonchev–Trinajstić information content (AvgIpc) is 3.46. The Kier molecular flexibility index (Phi) is 5.56. The van der Waals surface area contributed by atoms with Crippen molar-refractivity contribution in [3.8, 4) is 11.4 Å². The first-order valence-electron chi connectivity index (χ1n) is 11.2. The molecule has 5 nitrogen and oxygen atoms in total. The largest absolute Gasteiger partial charge is 0.417 e. The molecule has 1 aliphatic carbocycles. The number of halogens is 3. The van der Waals surface area contributed by atoms with Gasteiger partial charge in [-0.2, -0.15) is 13.2 Å². The molecule has 0 bridgehead atoms. The second-order valence-electron chi connectivity index (χ2n) is 9.31. The molecule has 0 radical (unpaired) electrons. The number of alkyl halides is 3. The van der Waals surface area contributed by atoms with E-state index in [4.69, 9.17) is 0 Å². The van der Waals surface area contributed by atoms with Gasteiger partial charge in [-0.1, -0.05) is 23.8 Å². The van der Waals surface area contributed by atoms with Crippen LogP contribution in [0.5, 0.6) is 0 Å². The maximum atomic E-state index is 12.8. The highest BCUT2D eigenvalue weighted by Gasteiger charge is 2.51. The van der Waals surface area contributed by atoms with Gasteiger partial charge in [0.15, 0.2) is 5.82 Å². The maximum absolute atomic E-state index is 12.8. The molecule has 3 heterocycles. The van der Waals surface area contributed by atoms with Crippen molar-refractivity contribution in [1.29, 1.82) is 0 Å². The monoisotopic (exact) mass is 453 g/mol. The Bertz CT molecular complexity index is 1110. The van der Waals surface area contributed by atoms with Crippen LogP contribution >= 0.6 is 0 Å². The highest BCUT2D eigenvalue weighted by Crippen LogP contribution is 2.55. The van der Waals surface area contributed by atoms with Crippen LogP contribution in [-0.4, -0.2) is 39.0 Å². The van der Waals surface area contributed by atoms with Crippen molar-refractivity contribution < 1.29 is 13.2 Å². The van der Waals surface area contributed by atoms with Gasteiger partial charge in [-0.05, 0) is 55.4 Å². The first-order valence-corrected chi connectivity index (χ1v) is 11.2. The number of aromatic nitrogens is 3. The minimum Gasteiger partial charge on any atom is -0.369 e. The normalized spacial score (nSPS) is 19.7. The second-order valence-corrected chi connectivity index (χ2v) is 9.31. The van der Waals surface area contributed by atoms with Crippen LogP contribution in [0.4, 0.5) is 19.0 Å². The number of likely N-dealkylation sites (tertiary alicyclic amines) is 1. The third-order valence-electron chi connectivity index (χ3n) is 6.73. The predicted octanol–water partition coefficient (Wildman–Crippen LogP) is 5.33. The summed E-state index contributed by atoms with van der Waals surface area (Å²) in [5.74, 6) is 1.19. The molecule has 1 saturated carbocycles. The molecular formula is C25H26F3N5. The van der Waals surface area contributed by atoms with Crippen molar-refractivity contribution in [2.24, 2.45) is 5.41 Å². The predicted molar refractivity (Wildman–Crippen MR) is 120 cm³/mol. The fourth-order valence-corrected chi connectivity index (χ4v) is 4.80. The van der Waals surface area contributed by atoms with E-state index in [0.29, 0.717) is 17.8 Å². The summed E-state index contributed by atoms with van der Waals surface area (Å²) in [6.07, 6.45) is 3.58. The van der Waals surface area contributed by atoms with E-state index in [0.717, 1.165) is 43.2 Å². The van der Waals surface area contributed by atoms with Crippen LogP contribution in [0.25, 0.3) is 11.4 Å². The number of aryl methyl sites for hydroxylation is 1. The lowest BCUT2D eigenvalue weighted by atomic mass is 10.0. The van der Waals surface area contributed by atoms with Gasteiger partial charge in [0.25, 0.3) is 0 Å². The van der Waals surface area contributed by atoms with Crippen molar-refractivity contribution in [1.82, 2.24) is 19.9 Å². The number of hydrogen-bond donors (Lipinski definition) is 1. The lowest BCUT2D eigenvalue weighted by Crippen LogP contribution is -2.34. The Morgan fingerprint density at radius 2 is 1.88 bits per heavy atom. The van der Waals surface area contributed by atoms with Gasteiger partial charge in [-0.3, -0.25) is 4.90 Å². The van der Waals surface area contributed by atoms with Gasteiger partial charge in [0, 0.05) is 49.8 Å². The van der Waals surface area contributed by atoms with Crippen LogP contribution in [0.15, 0.2) is 55.0 Å². The van der Waals surface area contributed by atoms with Crippen molar-refractivity contribution in [3.05, 3.63) is 71.7 Å². The Morgan fingerprint density at radius 1 is 1.09 bits per heavy atom. The molecule has 3 aromatic rings.